The van der Waals surface area contributed by atoms with Crippen LogP contribution in [0.25, 0.3) is 0 Å². The fourth-order valence-electron chi connectivity index (χ4n) is 4.44. The lowest BCUT2D eigenvalue weighted by Crippen LogP contribution is -2.39. The van der Waals surface area contributed by atoms with Crippen molar-refractivity contribution in [3.8, 4) is 0 Å². The van der Waals surface area contributed by atoms with Gasteiger partial charge in [-0.25, -0.2) is 0 Å². The number of carboxylic acid groups (broad SMARTS) is 1. The van der Waals surface area contributed by atoms with Crippen LogP contribution in [0, 0.1) is 5.41 Å². The molecule has 1 heterocycles. The number of likely N-dealkylation sites (tertiary alicyclic amines) is 1. The first kappa shape index (κ1) is 17.8. The normalized spacial score (nSPS) is 24.5. The summed E-state index contributed by atoms with van der Waals surface area (Å²) in [6.07, 6.45) is 3.78. The molecule has 138 valence electrons. The highest BCUT2D eigenvalue weighted by molar-refractivity contribution is 6.30. The minimum Gasteiger partial charge on any atom is -0.481 e. The van der Waals surface area contributed by atoms with Gasteiger partial charge in [-0.1, -0.05) is 60.1 Å². The lowest BCUT2D eigenvalue weighted by Gasteiger charge is -2.36. The molecule has 0 saturated carbocycles. The zero-order valence-corrected chi connectivity index (χ0v) is 15.5. The summed E-state index contributed by atoms with van der Waals surface area (Å²) in [5.74, 6) is -1.11. The number of carbonyl (C=O) groups excluding carboxylic acids is 1. The van der Waals surface area contributed by atoms with Crippen molar-refractivity contribution >= 4 is 23.5 Å². The van der Waals surface area contributed by atoms with Crippen LogP contribution >= 0.6 is 11.6 Å². The van der Waals surface area contributed by atoms with Crippen molar-refractivity contribution in [3.63, 3.8) is 0 Å². The number of hydrogen-bond donors (Lipinski definition) is 1. The Balaban J connectivity index is 1.87. The summed E-state index contributed by atoms with van der Waals surface area (Å²) in [4.78, 5) is 27.5. The smallest absolute Gasteiger partial charge is 0.316 e. The molecule has 2 aliphatic rings. The van der Waals surface area contributed by atoms with Gasteiger partial charge in [-0.15, -0.1) is 0 Å². The number of carbonyl (C=O) groups is 2. The van der Waals surface area contributed by atoms with Crippen LogP contribution in [0.5, 0.6) is 0 Å². The van der Waals surface area contributed by atoms with E-state index in [9.17, 15) is 14.7 Å². The minimum absolute atomic E-state index is 0.180. The van der Waals surface area contributed by atoms with E-state index in [0.29, 0.717) is 23.6 Å². The number of amides is 1. The van der Waals surface area contributed by atoms with Crippen LogP contribution in [-0.2, 0) is 16.1 Å². The van der Waals surface area contributed by atoms with Gasteiger partial charge in [0.25, 0.3) is 5.91 Å². The van der Waals surface area contributed by atoms with E-state index in [4.69, 9.17) is 11.6 Å². The van der Waals surface area contributed by atoms with E-state index in [1.165, 1.54) is 0 Å². The van der Waals surface area contributed by atoms with Gasteiger partial charge in [0.2, 0.25) is 0 Å². The number of allylic oxidation sites excluding steroid dienone is 1. The molecule has 0 spiro atoms. The Morgan fingerprint density at radius 3 is 2.52 bits per heavy atom. The topological polar surface area (TPSA) is 57.6 Å². The number of aliphatic carboxylic acids is 1. The number of rotatable bonds is 4. The van der Waals surface area contributed by atoms with Crippen LogP contribution in [0.15, 0.2) is 66.2 Å². The maximum absolute atomic E-state index is 13.3. The van der Waals surface area contributed by atoms with E-state index in [1.807, 2.05) is 48.5 Å². The second kappa shape index (κ2) is 6.86. The summed E-state index contributed by atoms with van der Waals surface area (Å²) >= 11 is 6.04. The first-order chi connectivity index (χ1) is 13.0. The summed E-state index contributed by atoms with van der Waals surface area (Å²) in [5.41, 5.74) is 0.996. The predicted molar refractivity (Wildman–Crippen MR) is 103 cm³/mol. The minimum atomic E-state index is -1.21. The number of fused-ring (bicyclic) bond motifs is 1. The molecule has 1 aliphatic heterocycles. The van der Waals surface area contributed by atoms with Gasteiger partial charge in [-0.3, -0.25) is 9.59 Å². The first-order valence-electron chi connectivity index (χ1n) is 9.08. The lowest BCUT2D eigenvalue weighted by molar-refractivity contribution is -0.149. The van der Waals surface area contributed by atoms with Crippen molar-refractivity contribution < 1.29 is 14.7 Å². The summed E-state index contributed by atoms with van der Waals surface area (Å²) in [6.45, 7) is 0.374. The zero-order valence-electron chi connectivity index (χ0n) is 14.8. The fraction of sp³-hybridized carbons (Fsp3) is 0.273. The molecular weight excluding hydrogens is 362 g/mol. The summed E-state index contributed by atoms with van der Waals surface area (Å²) < 4.78 is 0. The summed E-state index contributed by atoms with van der Waals surface area (Å²) in [6, 6.07) is 16.3. The molecule has 2 aromatic rings. The van der Waals surface area contributed by atoms with Crippen LogP contribution in [0.4, 0.5) is 0 Å². The third kappa shape index (κ3) is 2.85. The van der Waals surface area contributed by atoms with Crippen molar-refractivity contribution in [1.82, 2.24) is 4.90 Å². The van der Waals surface area contributed by atoms with Gasteiger partial charge in [0, 0.05) is 17.1 Å². The van der Waals surface area contributed by atoms with Crippen molar-refractivity contribution in [2.75, 3.05) is 0 Å². The number of hydrogen-bond acceptors (Lipinski definition) is 2. The van der Waals surface area contributed by atoms with Crippen LogP contribution < -0.4 is 0 Å². The molecule has 2 atom stereocenters. The maximum atomic E-state index is 13.3. The fourth-order valence-corrected chi connectivity index (χ4v) is 4.56. The Hall–Kier alpha value is -2.59. The van der Waals surface area contributed by atoms with Gasteiger partial charge in [0.15, 0.2) is 0 Å². The van der Waals surface area contributed by atoms with E-state index in [0.717, 1.165) is 24.0 Å². The molecule has 4 rings (SSSR count). The molecule has 1 saturated heterocycles. The molecule has 4 nitrogen and oxygen atoms in total. The van der Waals surface area contributed by atoms with E-state index in [-0.39, 0.29) is 5.91 Å². The van der Waals surface area contributed by atoms with Crippen molar-refractivity contribution in [1.29, 1.82) is 0 Å². The number of carboxylic acids is 1. The highest BCUT2D eigenvalue weighted by Crippen LogP contribution is 2.56. The van der Waals surface area contributed by atoms with E-state index < -0.39 is 17.4 Å². The van der Waals surface area contributed by atoms with Gasteiger partial charge in [0.05, 0.1) is 6.04 Å². The number of nitrogens with zero attached hydrogens (tertiary/aromatic N) is 1. The molecular formula is C22H20ClNO3. The third-order valence-electron chi connectivity index (χ3n) is 5.64. The monoisotopic (exact) mass is 381 g/mol. The molecule has 2 aromatic carbocycles. The van der Waals surface area contributed by atoms with E-state index in [2.05, 4.69) is 0 Å². The Morgan fingerprint density at radius 1 is 1.15 bits per heavy atom. The molecule has 1 N–H and O–H groups in total. The van der Waals surface area contributed by atoms with E-state index >= 15 is 0 Å². The molecule has 0 aromatic heterocycles. The standard InChI is InChI=1S/C22H20ClNO3/c23-17-11-9-16(10-12-17)19-22(21(26)27)13-5-4-8-18(22)20(25)24(19)14-15-6-2-1-3-7-15/h1-3,6-12,19H,4-5,13-14H2,(H,26,27)/t19-,22-/m0/s1. The highest BCUT2D eigenvalue weighted by atomic mass is 35.5. The molecule has 1 fully saturated rings. The van der Waals surface area contributed by atoms with Gasteiger partial charge in [-0.05, 0) is 42.5 Å². The first-order valence-corrected chi connectivity index (χ1v) is 9.46. The quantitative estimate of drug-likeness (QED) is 0.841. The summed E-state index contributed by atoms with van der Waals surface area (Å²) in [5, 5.41) is 10.8. The SMILES string of the molecule is O=C1C2=CCCC[C@@]2(C(=O)O)[C@H](c2ccc(Cl)cc2)N1Cc1ccccc1. The van der Waals surface area contributed by atoms with Gasteiger partial charge >= 0.3 is 5.97 Å². The Bertz CT molecular complexity index is 907. The van der Waals surface area contributed by atoms with Crippen LogP contribution in [-0.4, -0.2) is 21.9 Å². The van der Waals surface area contributed by atoms with E-state index in [1.54, 1.807) is 17.0 Å². The predicted octanol–water partition coefficient (Wildman–Crippen LogP) is 4.60. The maximum Gasteiger partial charge on any atom is 0.316 e. The molecule has 0 bridgehead atoms. The third-order valence-corrected chi connectivity index (χ3v) is 5.89. The molecule has 0 unspecified atom stereocenters. The molecule has 27 heavy (non-hydrogen) atoms. The van der Waals surface area contributed by atoms with Crippen molar-refractivity contribution in [3.05, 3.63) is 82.4 Å². The number of halogens is 1. The van der Waals surface area contributed by atoms with Crippen LogP contribution in [0.1, 0.15) is 36.4 Å². The van der Waals surface area contributed by atoms with Crippen LogP contribution in [0.2, 0.25) is 5.02 Å². The Kier molecular flexibility index (Phi) is 4.52. The molecule has 1 aliphatic carbocycles. The molecule has 1 amide bonds. The number of benzene rings is 2. The van der Waals surface area contributed by atoms with Gasteiger partial charge in [-0.2, -0.15) is 0 Å². The Labute approximate surface area is 163 Å². The average Bonchev–Trinajstić information content (AvgIpc) is 2.93. The van der Waals surface area contributed by atoms with Crippen molar-refractivity contribution in [2.45, 2.75) is 31.8 Å². The largest absolute Gasteiger partial charge is 0.481 e. The lowest BCUT2D eigenvalue weighted by atomic mass is 9.68. The second-order valence-electron chi connectivity index (χ2n) is 7.16. The molecule has 5 heteroatoms. The summed E-state index contributed by atoms with van der Waals surface area (Å²) in [7, 11) is 0. The second-order valence-corrected chi connectivity index (χ2v) is 7.60. The van der Waals surface area contributed by atoms with Gasteiger partial charge in [0.1, 0.15) is 5.41 Å². The Morgan fingerprint density at radius 2 is 1.85 bits per heavy atom. The highest BCUT2D eigenvalue weighted by Gasteiger charge is 2.61. The van der Waals surface area contributed by atoms with Crippen LogP contribution in [0.3, 0.4) is 0 Å². The van der Waals surface area contributed by atoms with Crippen molar-refractivity contribution in [2.24, 2.45) is 5.41 Å². The average molecular weight is 382 g/mol. The molecule has 0 radical (unpaired) electrons. The zero-order chi connectivity index (χ0) is 19.0. The van der Waals surface area contributed by atoms with Gasteiger partial charge < -0.3 is 10.0 Å².